The van der Waals surface area contributed by atoms with Gasteiger partial charge in [-0.3, -0.25) is 0 Å². The van der Waals surface area contributed by atoms with Gasteiger partial charge in [0.1, 0.15) is 0 Å². The summed E-state index contributed by atoms with van der Waals surface area (Å²) in [6, 6.07) is 0. The van der Waals surface area contributed by atoms with Crippen molar-refractivity contribution < 1.29 is 4.74 Å². The van der Waals surface area contributed by atoms with E-state index in [2.05, 4.69) is 24.5 Å². The number of rotatable bonds is 3. The Hall–Kier alpha value is 0.270. The highest BCUT2D eigenvalue weighted by molar-refractivity contribution is 7.80. The molecule has 1 fully saturated rings. The fraction of sp³-hybridized carbons (Fsp3) is 1.00. The van der Waals surface area contributed by atoms with Gasteiger partial charge < -0.3 is 9.64 Å². The molecule has 3 heteroatoms. The van der Waals surface area contributed by atoms with E-state index in [9.17, 15) is 0 Å². The zero-order chi connectivity index (χ0) is 8.81. The van der Waals surface area contributed by atoms with E-state index in [1.807, 2.05) is 0 Å². The topological polar surface area (TPSA) is 12.5 Å². The van der Waals surface area contributed by atoms with Crippen LogP contribution in [0.5, 0.6) is 0 Å². The van der Waals surface area contributed by atoms with Crippen LogP contribution in [0, 0.1) is 0 Å². The summed E-state index contributed by atoms with van der Waals surface area (Å²) in [5.74, 6) is 0.992. The van der Waals surface area contributed by atoms with Gasteiger partial charge in [-0.25, -0.2) is 0 Å². The third-order valence-corrected chi connectivity index (χ3v) is 2.49. The minimum atomic E-state index is 0.410. The van der Waals surface area contributed by atoms with E-state index in [-0.39, 0.29) is 0 Å². The van der Waals surface area contributed by atoms with E-state index in [0.717, 1.165) is 18.9 Å². The highest BCUT2D eigenvalue weighted by Gasteiger charge is 2.13. The third kappa shape index (κ3) is 3.78. The average molecular weight is 189 g/mol. The van der Waals surface area contributed by atoms with Crippen LogP contribution in [0.4, 0.5) is 0 Å². The largest absolute Gasteiger partial charge is 0.377 e. The maximum absolute atomic E-state index is 5.55. The first-order valence-electron chi connectivity index (χ1n) is 4.77. The molecule has 0 saturated carbocycles. The van der Waals surface area contributed by atoms with E-state index < -0.39 is 0 Å². The molecule has 1 rings (SSSR count). The van der Waals surface area contributed by atoms with Crippen LogP contribution < -0.4 is 0 Å². The number of hydrogen-bond acceptors (Lipinski definition) is 3. The maximum atomic E-state index is 5.55. The normalized spacial score (nSPS) is 27.0. The third-order valence-electron chi connectivity index (χ3n) is 2.17. The van der Waals surface area contributed by atoms with E-state index in [4.69, 9.17) is 4.74 Å². The molecule has 1 aliphatic rings. The van der Waals surface area contributed by atoms with Gasteiger partial charge in [-0.1, -0.05) is 0 Å². The molecule has 1 heterocycles. The molecule has 0 spiro atoms. The minimum Gasteiger partial charge on any atom is -0.377 e. The van der Waals surface area contributed by atoms with Crippen LogP contribution in [0.25, 0.3) is 0 Å². The molecule has 0 amide bonds. The summed E-state index contributed by atoms with van der Waals surface area (Å²) >= 11 is 4.21. The molecule has 72 valence electrons. The van der Waals surface area contributed by atoms with Crippen LogP contribution >= 0.6 is 12.6 Å². The van der Waals surface area contributed by atoms with Crippen molar-refractivity contribution in [3.63, 3.8) is 0 Å². The molecule has 1 saturated heterocycles. The molecule has 0 N–H and O–H groups in total. The Morgan fingerprint density at radius 2 is 2.42 bits per heavy atom. The van der Waals surface area contributed by atoms with E-state index in [0.29, 0.717) is 6.10 Å². The van der Waals surface area contributed by atoms with Crippen molar-refractivity contribution >= 4 is 12.6 Å². The molecule has 0 radical (unpaired) electrons. The van der Waals surface area contributed by atoms with Gasteiger partial charge in [0.15, 0.2) is 0 Å². The van der Waals surface area contributed by atoms with Crippen molar-refractivity contribution in [3.8, 4) is 0 Å². The van der Waals surface area contributed by atoms with Gasteiger partial charge in [0.2, 0.25) is 0 Å². The lowest BCUT2D eigenvalue weighted by Crippen LogP contribution is -2.31. The molecule has 1 aliphatic heterocycles. The lowest BCUT2D eigenvalue weighted by molar-refractivity contribution is 0.0678. The Morgan fingerprint density at radius 1 is 1.58 bits per heavy atom. The predicted octanol–water partition coefficient (Wildman–Crippen LogP) is 1.42. The van der Waals surface area contributed by atoms with Crippen LogP contribution in [0.1, 0.15) is 19.8 Å². The summed E-state index contributed by atoms with van der Waals surface area (Å²) in [4.78, 5) is 2.48. The second-order valence-electron chi connectivity index (χ2n) is 3.41. The quantitative estimate of drug-likeness (QED) is 0.674. The van der Waals surface area contributed by atoms with E-state index >= 15 is 0 Å². The number of nitrogens with zero attached hydrogens (tertiary/aromatic N) is 1. The zero-order valence-corrected chi connectivity index (χ0v) is 8.72. The van der Waals surface area contributed by atoms with Crippen molar-refractivity contribution in [1.82, 2.24) is 4.90 Å². The number of thiol groups is 1. The highest BCUT2D eigenvalue weighted by atomic mass is 32.1. The van der Waals surface area contributed by atoms with Crippen molar-refractivity contribution in [2.24, 2.45) is 0 Å². The van der Waals surface area contributed by atoms with Crippen molar-refractivity contribution in [3.05, 3.63) is 0 Å². The van der Waals surface area contributed by atoms with Gasteiger partial charge in [-0.2, -0.15) is 12.6 Å². The fourth-order valence-electron chi connectivity index (χ4n) is 1.58. The number of ether oxygens (including phenoxy) is 1. The summed E-state index contributed by atoms with van der Waals surface area (Å²) in [6.45, 7) is 6.54. The summed E-state index contributed by atoms with van der Waals surface area (Å²) in [5.41, 5.74) is 0. The van der Waals surface area contributed by atoms with Gasteiger partial charge >= 0.3 is 0 Å². The Balaban J connectivity index is 2.21. The minimum absolute atomic E-state index is 0.410. The molecular weight excluding hydrogens is 170 g/mol. The summed E-state index contributed by atoms with van der Waals surface area (Å²) in [7, 11) is 0. The molecule has 1 unspecified atom stereocenters. The van der Waals surface area contributed by atoms with Crippen molar-refractivity contribution in [2.75, 3.05) is 32.0 Å². The molecule has 0 aromatic heterocycles. The Morgan fingerprint density at radius 3 is 3.17 bits per heavy atom. The second kappa shape index (κ2) is 5.84. The zero-order valence-electron chi connectivity index (χ0n) is 7.83. The summed E-state index contributed by atoms with van der Waals surface area (Å²) in [5, 5.41) is 0. The first kappa shape index (κ1) is 10.4. The van der Waals surface area contributed by atoms with Crippen molar-refractivity contribution in [1.29, 1.82) is 0 Å². The van der Waals surface area contributed by atoms with Crippen LogP contribution in [0.3, 0.4) is 0 Å². The molecular formula is C9H19NOS. The standard InChI is InChI=1S/C9H19NOS/c1-9-8-10(5-3-7-12)4-2-6-11-9/h9,12H,2-8H2,1H3. The van der Waals surface area contributed by atoms with Crippen LogP contribution in [-0.2, 0) is 4.74 Å². The summed E-state index contributed by atoms with van der Waals surface area (Å²) < 4.78 is 5.55. The first-order valence-corrected chi connectivity index (χ1v) is 5.41. The van der Waals surface area contributed by atoms with Gasteiger partial charge in [-0.15, -0.1) is 0 Å². The van der Waals surface area contributed by atoms with E-state index in [1.54, 1.807) is 0 Å². The Bertz CT molecular complexity index is 121. The molecule has 0 aliphatic carbocycles. The lowest BCUT2D eigenvalue weighted by Gasteiger charge is -2.20. The molecule has 0 aromatic carbocycles. The van der Waals surface area contributed by atoms with Crippen LogP contribution in [-0.4, -0.2) is 43.0 Å². The fourth-order valence-corrected chi connectivity index (χ4v) is 1.72. The molecule has 0 aromatic rings. The molecule has 12 heavy (non-hydrogen) atoms. The maximum Gasteiger partial charge on any atom is 0.0673 e. The Labute approximate surface area is 80.7 Å². The van der Waals surface area contributed by atoms with Crippen molar-refractivity contribution in [2.45, 2.75) is 25.9 Å². The SMILES string of the molecule is CC1CN(CCCS)CCCO1. The van der Waals surface area contributed by atoms with Crippen LogP contribution in [0.15, 0.2) is 0 Å². The Kier molecular flexibility index (Phi) is 5.04. The highest BCUT2D eigenvalue weighted by Crippen LogP contribution is 2.05. The van der Waals surface area contributed by atoms with Crippen LogP contribution in [0.2, 0.25) is 0 Å². The van der Waals surface area contributed by atoms with Gasteiger partial charge in [-0.05, 0) is 32.1 Å². The lowest BCUT2D eigenvalue weighted by atomic mass is 10.3. The molecule has 0 bridgehead atoms. The van der Waals surface area contributed by atoms with Gasteiger partial charge in [0.05, 0.1) is 6.10 Å². The second-order valence-corrected chi connectivity index (χ2v) is 3.86. The first-order chi connectivity index (χ1) is 5.83. The number of hydrogen-bond donors (Lipinski definition) is 1. The molecule has 1 atom stereocenters. The molecule has 2 nitrogen and oxygen atoms in total. The smallest absolute Gasteiger partial charge is 0.0673 e. The predicted molar refractivity (Wildman–Crippen MR) is 54.9 cm³/mol. The van der Waals surface area contributed by atoms with Gasteiger partial charge in [0, 0.05) is 19.7 Å². The monoisotopic (exact) mass is 189 g/mol. The van der Waals surface area contributed by atoms with Gasteiger partial charge in [0.25, 0.3) is 0 Å². The average Bonchev–Trinajstić information content (AvgIpc) is 2.26. The summed E-state index contributed by atoms with van der Waals surface area (Å²) in [6.07, 6.45) is 2.78. The van der Waals surface area contributed by atoms with E-state index in [1.165, 1.54) is 25.9 Å².